The van der Waals surface area contributed by atoms with Crippen LogP contribution in [0, 0.1) is 6.92 Å². The van der Waals surface area contributed by atoms with Gasteiger partial charge in [0, 0.05) is 0 Å². The van der Waals surface area contributed by atoms with E-state index in [0.29, 0.717) is 16.6 Å². The zero-order valence-electron chi connectivity index (χ0n) is 10.2. The number of hydrogen-bond donors (Lipinski definition) is 2. The molecule has 0 saturated carbocycles. The summed E-state index contributed by atoms with van der Waals surface area (Å²) in [5, 5.41) is 15.1. The van der Waals surface area contributed by atoms with E-state index >= 15 is 0 Å². The molecule has 0 fully saturated rings. The standard InChI is InChI=1S/C11H11N3O4S/c1-5(10-13-6(2)14-18-10)12-9(15)7-3-4-8(19-7)11(16)17/h3-5H,1-2H3,(H,12,15)(H,16,17)/t5-/m0/s1. The lowest BCUT2D eigenvalue weighted by Gasteiger charge is -2.07. The van der Waals surface area contributed by atoms with Crippen molar-refractivity contribution in [2.45, 2.75) is 19.9 Å². The Balaban J connectivity index is 2.06. The van der Waals surface area contributed by atoms with Crippen molar-refractivity contribution in [2.75, 3.05) is 0 Å². The van der Waals surface area contributed by atoms with Gasteiger partial charge in [0.15, 0.2) is 5.82 Å². The number of nitrogens with one attached hydrogen (secondary N) is 1. The first-order valence-corrected chi connectivity index (χ1v) is 6.23. The molecule has 2 rings (SSSR count). The molecule has 100 valence electrons. The smallest absolute Gasteiger partial charge is 0.345 e. The lowest BCUT2D eigenvalue weighted by molar-refractivity contribution is 0.0702. The summed E-state index contributed by atoms with van der Waals surface area (Å²) in [6.07, 6.45) is 0. The number of carbonyl (C=O) groups is 2. The number of carboxylic acids is 1. The van der Waals surface area contributed by atoms with Crippen molar-refractivity contribution in [3.63, 3.8) is 0 Å². The van der Waals surface area contributed by atoms with Crippen molar-refractivity contribution in [1.82, 2.24) is 15.5 Å². The molecule has 2 aromatic heterocycles. The van der Waals surface area contributed by atoms with Gasteiger partial charge >= 0.3 is 5.97 Å². The highest BCUT2D eigenvalue weighted by atomic mass is 32.1. The van der Waals surface area contributed by atoms with E-state index in [-0.39, 0.29) is 10.8 Å². The Hall–Kier alpha value is -2.22. The minimum Gasteiger partial charge on any atom is -0.477 e. The molecule has 0 unspecified atom stereocenters. The molecule has 1 atom stereocenters. The molecule has 0 aromatic carbocycles. The molecule has 1 amide bonds. The van der Waals surface area contributed by atoms with Crippen LogP contribution in [-0.2, 0) is 0 Å². The molecule has 0 radical (unpaired) electrons. The second-order valence-electron chi connectivity index (χ2n) is 3.84. The molecule has 2 heterocycles. The number of amides is 1. The average Bonchev–Trinajstić information content (AvgIpc) is 2.96. The van der Waals surface area contributed by atoms with Crippen LogP contribution in [0.25, 0.3) is 0 Å². The Morgan fingerprint density at radius 2 is 2.11 bits per heavy atom. The van der Waals surface area contributed by atoms with Gasteiger partial charge in [-0.1, -0.05) is 5.16 Å². The minimum absolute atomic E-state index is 0.117. The molecule has 19 heavy (non-hydrogen) atoms. The SMILES string of the molecule is Cc1noc([C@H](C)NC(=O)c2ccc(C(=O)O)s2)n1. The van der Waals surface area contributed by atoms with Crippen molar-refractivity contribution < 1.29 is 19.2 Å². The number of carbonyl (C=O) groups excluding carboxylic acids is 1. The predicted octanol–water partition coefficient (Wildman–Crippen LogP) is 1.63. The molecule has 0 bridgehead atoms. The molecule has 0 aliphatic heterocycles. The highest BCUT2D eigenvalue weighted by Gasteiger charge is 2.18. The number of nitrogens with zero attached hydrogens (tertiary/aromatic N) is 2. The summed E-state index contributed by atoms with van der Waals surface area (Å²) in [5.74, 6) is -0.633. The maximum absolute atomic E-state index is 11.9. The van der Waals surface area contributed by atoms with Gasteiger partial charge in [-0.15, -0.1) is 11.3 Å². The number of hydrogen-bond acceptors (Lipinski definition) is 6. The molecule has 0 saturated heterocycles. The van der Waals surface area contributed by atoms with Crippen LogP contribution in [0.3, 0.4) is 0 Å². The number of aryl methyl sites for hydroxylation is 1. The summed E-state index contributed by atoms with van der Waals surface area (Å²) in [7, 11) is 0. The van der Waals surface area contributed by atoms with Gasteiger partial charge in [0.05, 0.1) is 4.88 Å². The third-order valence-corrected chi connectivity index (χ3v) is 3.37. The third-order valence-electron chi connectivity index (χ3n) is 2.30. The second kappa shape index (κ2) is 5.19. The lowest BCUT2D eigenvalue weighted by atomic mass is 10.3. The van der Waals surface area contributed by atoms with Gasteiger partial charge < -0.3 is 14.9 Å². The quantitative estimate of drug-likeness (QED) is 0.882. The Labute approximate surface area is 112 Å². The highest BCUT2D eigenvalue weighted by Crippen LogP contribution is 2.18. The topological polar surface area (TPSA) is 105 Å². The van der Waals surface area contributed by atoms with E-state index in [9.17, 15) is 9.59 Å². The van der Waals surface area contributed by atoms with Gasteiger partial charge in [-0.3, -0.25) is 4.79 Å². The van der Waals surface area contributed by atoms with E-state index in [1.165, 1.54) is 12.1 Å². The number of rotatable bonds is 4. The van der Waals surface area contributed by atoms with Crippen LogP contribution >= 0.6 is 11.3 Å². The number of thiophene rings is 1. The monoisotopic (exact) mass is 281 g/mol. The van der Waals surface area contributed by atoms with Crippen LogP contribution in [0.4, 0.5) is 0 Å². The van der Waals surface area contributed by atoms with Crippen molar-refractivity contribution >= 4 is 23.2 Å². The van der Waals surface area contributed by atoms with Gasteiger partial charge in [-0.25, -0.2) is 4.79 Å². The van der Waals surface area contributed by atoms with Gasteiger partial charge in [0.1, 0.15) is 10.9 Å². The molecular weight excluding hydrogens is 270 g/mol. The Kier molecular flexibility index (Phi) is 3.61. The molecule has 2 aromatic rings. The predicted molar refractivity (Wildman–Crippen MR) is 66.2 cm³/mol. The molecule has 0 spiro atoms. The first kappa shape index (κ1) is 13.2. The number of aromatic nitrogens is 2. The molecular formula is C11H11N3O4S. The fraction of sp³-hybridized carbons (Fsp3) is 0.273. The Morgan fingerprint density at radius 1 is 1.42 bits per heavy atom. The van der Waals surface area contributed by atoms with Gasteiger partial charge in [-0.05, 0) is 26.0 Å². The van der Waals surface area contributed by atoms with E-state index in [1.807, 2.05) is 0 Å². The van der Waals surface area contributed by atoms with Crippen LogP contribution in [0.5, 0.6) is 0 Å². The second-order valence-corrected chi connectivity index (χ2v) is 4.93. The van der Waals surface area contributed by atoms with Crippen LogP contribution in [0.15, 0.2) is 16.7 Å². The van der Waals surface area contributed by atoms with Gasteiger partial charge in [0.2, 0.25) is 5.89 Å². The summed E-state index contributed by atoms with van der Waals surface area (Å²) in [6, 6.07) is 2.42. The van der Waals surface area contributed by atoms with Gasteiger partial charge in [-0.2, -0.15) is 4.98 Å². The minimum atomic E-state index is -1.05. The maximum atomic E-state index is 11.9. The van der Waals surface area contributed by atoms with E-state index in [0.717, 1.165) is 11.3 Å². The number of carboxylic acid groups (broad SMARTS) is 1. The molecule has 8 heteroatoms. The molecule has 0 aliphatic carbocycles. The lowest BCUT2D eigenvalue weighted by Crippen LogP contribution is -2.26. The van der Waals surface area contributed by atoms with E-state index in [2.05, 4.69) is 15.5 Å². The van der Waals surface area contributed by atoms with E-state index in [1.54, 1.807) is 13.8 Å². The Morgan fingerprint density at radius 3 is 2.63 bits per heavy atom. The summed E-state index contributed by atoms with van der Waals surface area (Å²) >= 11 is 0.913. The first-order valence-electron chi connectivity index (χ1n) is 5.41. The summed E-state index contributed by atoms with van der Waals surface area (Å²) in [5.41, 5.74) is 0. The van der Waals surface area contributed by atoms with Crippen LogP contribution < -0.4 is 5.32 Å². The summed E-state index contributed by atoms with van der Waals surface area (Å²) in [4.78, 5) is 27.1. The summed E-state index contributed by atoms with van der Waals surface area (Å²) in [6.45, 7) is 3.39. The molecule has 0 aliphatic rings. The van der Waals surface area contributed by atoms with Crippen LogP contribution in [0.1, 0.15) is 44.0 Å². The normalized spacial score (nSPS) is 12.1. The summed E-state index contributed by atoms with van der Waals surface area (Å²) < 4.78 is 4.94. The van der Waals surface area contributed by atoms with Crippen molar-refractivity contribution in [1.29, 1.82) is 0 Å². The zero-order chi connectivity index (χ0) is 14.0. The molecule has 2 N–H and O–H groups in total. The van der Waals surface area contributed by atoms with E-state index < -0.39 is 12.0 Å². The first-order chi connectivity index (χ1) is 8.97. The van der Waals surface area contributed by atoms with Crippen molar-refractivity contribution in [3.8, 4) is 0 Å². The van der Waals surface area contributed by atoms with Crippen LogP contribution in [-0.4, -0.2) is 27.1 Å². The molecule has 7 nitrogen and oxygen atoms in total. The maximum Gasteiger partial charge on any atom is 0.345 e. The Bertz CT molecular complexity index is 619. The van der Waals surface area contributed by atoms with Crippen LogP contribution in [0.2, 0.25) is 0 Å². The van der Waals surface area contributed by atoms with Gasteiger partial charge in [0.25, 0.3) is 5.91 Å². The fourth-order valence-electron chi connectivity index (χ4n) is 1.39. The average molecular weight is 281 g/mol. The zero-order valence-corrected chi connectivity index (χ0v) is 11.0. The third kappa shape index (κ3) is 2.97. The van der Waals surface area contributed by atoms with E-state index in [4.69, 9.17) is 9.63 Å². The highest BCUT2D eigenvalue weighted by molar-refractivity contribution is 7.15. The fourth-order valence-corrected chi connectivity index (χ4v) is 2.14. The van der Waals surface area contributed by atoms with Crippen molar-refractivity contribution in [2.24, 2.45) is 0 Å². The number of aromatic carboxylic acids is 1. The largest absolute Gasteiger partial charge is 0.477 e. The van der Waals surface area contributed by atoms with Crippen molar-refractivity contribution in [3.05, 3.63) is 33.6 Å².